The number of ether oxygens (including phenoxy) is 4. The Hall–Kier alpha value is -1.63. The molecule has 0 amide bonds. The van der Waals surface area contributed by atoms with E-state index in [9.17, 15) is 14.4 Å². The predicted molar refractivity (Wildman–Crippen MR) is 106 cm³/mol. The first kappa shape index (κ1) is 26.4. The summed E-state index contributed by atoms with van der Waals surface area (Å²) >= 11 is 0. The van der Waals surface area contributed by atoms with Crippen LogP contribution in [0.4, 0.5) is 0 Å². The Morgan fingerprint density at radius 3 is 1.25 bits per heavy atom. The van der Waals surface area contributed by atoms with Gasteiger partial charge in [0.25, 0.3) is 0 Å². The molecule has 0 fully saturated rings. The number of hydrogen-bond acceptors (Lipinski definition) is 7. The van der Waals surface area contributed by atoms with Crippen molar-refractivity contribution >= 4 is 17.9 Å². The quantitative estimate of drug-likeness (QED) is 0.426. The number of rotatable bonds is 9. The number of hydrogen-bond donors (Lipinski definition) is 0. The van der Waals surface area contributed by atoms with Gasteiger partial charge in [0.2, 0.25) is 0 Å². The van der Waals surface area contributed by atoms with E-state index in [2.05, 4.69) is 0 Å². The summed E-state index contributed by atoms with van der Waals surface area (Å²) in [5, 5.41) is 0. The fourth-order valence-electron chi connectivity index (χ4n) is 2.21. The highest BCUT2D eigenvalue weighted by atomic mass is 16.6. The van der Waals surface area contributed by atoms with E-state index in [0.717, 1.165) is 0 Å². The summed E-state index contributed by atoms with van der Waals surface area (Å²) in [6.45, 7) is 15.8. The Morgan fingerprint density at radius 1 is 0.607 bits per heavy atom. The second-order valence-electron chi connectivity index (χ2n) is 9.77. The molecular formula is C21H38O7. The highest BCUT2D eigenvalue weighted by Gasteiger charge is 2.23. The zero-order chi connectivity index (χ0) is 22.2. The molecule has 164 valence electrons. The summed E-state index contributed by atoms with van der Waals surface area (Å²) in [6, 6.07) is 0. The summed E-state index contributed by atoms with van der Waals surface area (Å²) in [7, 11) is 0. The normalized spacial score (nSPS) is 12.6. The van der Waals surface area contributed by atoms with E-state index in [0.29, 0.717) is 12.8 Å². The van der Waals surface area contributed by atoms with E-state index in [1.807, 2.05) is 0 Å². The van der Waals surface area contributed by atoms with Crippen LogP contribution in [0.25, 0.3) is 0 Å². The molecule has 0 aliphatic rings. The molecule has 7 heteroatoms. The van der Waals surface area contributed by atoms with Crippen molar-refractivity contribution in [1.82, 2.24) is 0 Å². The van der Waals surface area contributed by atoms with E-state index in [4.69, 9.17) is 18.9 Å². The lowest BCUT2D eigenvalue weighted by atomic mass is 10.1. The molecule has 0 radical (unpaired) electrons. The fourth-order valence-corrected chi connectivity index (χ4v) is 2.21. The van der Waals surface area contributed by atoms with Gasteiger partial charge < -0.3 is 18.9 Å². The third kappa shape index (κ3) is 16.5. The van der Waals surface area contributed by atoms with E-state index in [-0.39, 0.29) is 31.4 Å². The van der Waals surface area contributed by atoms with Crippen LogP contribution in [-0.2, 0) is 33.3 Å². The molecule has 0 N–H and O–H groups in total. The number of carbonyl (C=O) groups excluding carboxylic acids is 3. The zero-order valence-corrected chi connectivity index (χ0v) is 19.0. The minimum Gasteiger partial charge on any atom is -0.460 e. The summed E-state index contributed by atoms with van der Waals surface area (Å²) in [4.78, 5) is 35.8. The van der Waals surface area contributed by atoms with Crippen molar-refractivity contribution in [1.29, 1.82) is 0 Å². The molecule has 0 saturated heterocycles. The molecule has 0 aliphatic carbocycles. The molecule has 0 heterocycles. The first-order valence-electron chi connectivity index (χ1n) is 9.74. The molecule has 0 atom stereocenters. The molecule has 0 unspecified atom stereocenters. The highest BCUT2D eigenvalue weighted by Crippen LogP contribution is 2.17. The first-order valence-corrected chi connectivity index (χ1v) is 9.74. The number of esters is 3. The Bertz CT molecular complexity index is 442. The van der Waals surface area contributed by atoms with Crippen molar-refractivity contribution in [2.24, 2.45) is 0 Å². The molecule has 7 nitrogen and oxygen atoms in total. The topological polar surface area (TPSA) is 88.1 Å². The van der Waals surface area contributed by atoms with Gasteiger partial charge in [-0.3, -0.25) is 9.59 Å². The standard InChI is InChI=1S/C21H38O7/c1-19(2,3)26-16(22)12-10-15(11-13-17(23)27-20(4,5)6)25-14-18(24)28-21(7,8)9/h15H,10-14H2,1-9H3. The van der Waals surface area contributed by atoms with Crippen molar-refractivity contribution in [3.63, 3.8) is 0 Å². The van der Waals surface area contributed by atoms with Crippen molar-refractivity contribution in [3.8, 4) is 0 Å². The third-order valence-corrected chi connectivity index (χ3v) is 3.04. The van der Waals surface area contributed by atoms with Crippen LogP contribution in [0.15, 0.2) is 0 Å². The molecule has 0 saturated carbocycles. The van der Waals surface area contributed by atoms with Gasteiger partial charge in [-0.25, -0.2) is 4.79 Å². The average molecular weight is 403 g/mol. The lowest BCUT2D eigenvalue weighted by molar-refractivity contribution is -0.163. The monoisotopic (exact) mass is 402 g/mol. The third-order valence-electron chi connectivity index (χ3n) is 3.04. The maximum Gasteiger partial charge on any atom is 0.332 e. The van der Waals surface area contributed by atoms with Crippen LogP contribution in [0.1, 0.15) is 88.0 Å². The van der Waals surface area contributed by atoms with Crippen molar-refractivity contribution in [2.45, 2.75) is 111 Å². The van der Waals surface area contributed by atoms with Gasteiger partial charge in [0.05, 0.1) is 6.10 Å². The van der Waals surface area contributed by atoms with Crippen LogP contribution in [0.3, 0.4) is 0 Å². The van der Waals surface area contributed by atoms with Gasteiger partial charge >= 0.3 is 17.9 Å². The Kier molecular flexibility index (Phi) is 10.2. The summed E-state index contributed by atoms with van der Waals surface area (Å²) in [6.07, 6.45) is 0.462. The Morgan fingerprint density at radius 2 is 0.929 bits per heavy atom. The largest absolute Gasteiger partial charge is 0.460 e. The minimum absolute atomic E-state index is 0.130. The smallest absolute Gasteiger partial charge is 0.332 e. The van der Waals surface area contributed by atoms with E-state index in [1.54, 1.807) is 62.3 Å². The SMILES string of the molecule is CC(C)(C)OC(=O)CCC(CCC(=O)OC(C)(C)C)OCC(=O)OC(C)(C)C. The lowest BCUT2D eigenvalue weighted by Crippen LogP contribution is -2.30. The van der Waals surface area contributed by atoms with Crippen LogP contribution >= 0.6 is 0 Å². The molecule has 0 bridgehead atoms. The van der Waals surface area contributed by atoms with Gasteiger partial charge in [0.1, 0.15) is 23.4 Å². The van der Waals surface area contributed by atoms with Gasteiger partial charge in [0, 0.05) is 12.8 Å². The average Bonchev–Trinajstić information content (AvgIpc) is 2.40. The Balaban J connectivity index is 4.71. The maximum absolute atomic E-state index is 12.0. The van der Waals surface area contributed by atoms with Crippen LogP contribution in [0.2, 0.25) is 0 Å². The van der Waals surface area contributed by atoms with E-state index in [1.165, 1.54) is 0 Å². The van der Waals surface area contributed by atoms with E-state index >= 15 is 0 Å². The molecule has 0 aromatic rings. The van der Waals surface area contributed by atoms with Gasteiger partial charge in [-0.05, 0) is 75.2 Å². The molecule has 0 aliphatic heterocycles. The molecule has 0 aromatic heterocycles. The second kappa shape index (κ2) is 10.8. The summed E-state index contributed by atoms with van der Waals surface area (Å²) < 4.78 is 21.4. The van der Waals surface area contributed by atoms with Crippen molar-refractivity contribution < 1.29 is 33.3 Å². The number of carbonyl (C=O) groups is 3. The van der Waals surface area contributed by atoms with Gasteiger partial charge in [-0.1, -0.05) is 0 Å². The molecule has 0 spiro atoms. The molecule has 28 heavy (non-hydrogen) atoms. The predicted octanol–water partition coefficient (Wildman–Crippen LogP) is 3.96. The second-order valence-corrected chi connectivity index (χ2v) is 9.77. The van der Waals surface area contributed by atoms with Crippen molar-refractivity contribution in [3.05, 3.63) is 0 Å². The molecule has 0 aromatic carbocycles. The fraction of sp³-hybridized carbons (Fsp3) is 0.857. The van der Waals surface area contributed by atoms with Gasteiger partial charge in [-0.2, -0.15) is 0 Å². The highest BCUT2D eigenvalue weighted by molar-refractivity contribution is 5.71. The first-order chi connectivity index (χ1) is 12.5. The van der Waals surface area contributed by atoms with Gasteiger partial charge in [-0.15, -0.1) is 0 Å². The Labute approximate surface area is 169 Å². The zero-order valence-electron chi connectivity index (χ0n) is 19.0. The minimum atomic E-state index is -0.608. The summed E-state index contributed by atoms with van der Waals surface area (Å²) in [5.41, 5.74) is -1.75. The summed E-state index contributed by atoms with van der Waals surface area (Å²) in [5.74, 6) is -1.20. The maximum atomic E-state index is 12.0. The van der Waals surface area contributed by atoms with Gasteiger partial charge in [0.15, 0.2) is 0 Å². The van der Waals surface area contributed by atoms with Crippen LogP contribution in [0.5, 0.6) is 0 Å². The molecule has 0 rings (SSSR count). The van der Waals surface area contributed by atoms with E-state index < -0.39 is 28.9 Å². The molecular weight excluding hydrogens is 364 g/mol. The lowest BCUT2D eigenvalue weighted by Gasteiger charge is -2.23. The van der Waals surface area contributed by atoms with Crippen LogP contribution in [0, 0.1) is 0 Å². The van der Waals surface area contributed by atoms with Crippen LogP contribution < -0.4 is 0 Å². The van der Waals surface area contributed by atoms with Crippen LogP contribution in [-0.4, -0.2) is 47.4 Å². The van der Waals surface area contributed by atoms with Crippen molar-refractivity contribution in [2.75, 3.05) is 6.61 Å².